The average molecular weight is 915 g/mol. The van der Waals surface area contributed by atoms with Gasteiger partial charge >= 0.3 is 0 Å². The molecule has 7 aromatic carbocycles. The van der Waals surface area contributed by atoms with Crippen LogP contribution in [0.1, 0.15) is 172 Å². The predicted octanol–water partition coefficient (Wildman–Crippen LogP) is 19.9. The molecule has 0 atom stereocenters. The molecule has 0 amide bonds. The number of benzene rings is 7. The van der Waals surface area contributed by atoms with Gasteiger partial charge in [-0.1, -0.05) is 314 Å². The van der Waals surface area contributed by atoms with Crippen LogP contribution in [0.25, 0.3) is 72.9 Å². The first-order valence-electron chi connectivity index (χ1n) is 25.0. The van der Waals surface area contributed by atoms with Crippen LogP contribution in [0.2, 0.25) is 0 Å². The summed E-state index contributed by atoms with van der Waals surface area (Å²) in [6, 6.07) is 57.7. The molecule has 0 heterocycles. The molecule has 0 aromatic heterocycles. The highest BCUT2D eigenvalue weighted by atomic mass is 14.3. The highest BCUT2D eigenvalue weighted by Gasteiger charge is 2.21. The van der Waals surface area contributed by atoms with Gasteiger partial charge in [0.2, 0.25) is 0 Å². The molecule has 0 nitrogen and oxygen atoms in total. The molecule has 7 rings (SSSR count). The standard InChI is InChI=1S/C70H74/c1-67(2,3)63-45-61(46-64(49-63)68(4,5)6)43-41-59-37-33-57(34-38-59)31-29-55-25-21-53(22-26-55)19-17-51-13-15-52(16-14-51)18-20-54-23-27-56(28-24-54)30-32-58-35-39-60(40-36-58)42-44-62-47-65(69(7,8)9)50-66(48-62)70(10,11)12/h13-50H,1-12H3/b19-17+,20-18+,31-29+,32-30+,43-41+,44-42+. The van der Waals surface area contributed by atoms with Gasteiger partial charge in [-0.25, -0.2) is 0 Å². The van der Waals surface area contributed by atoms with Crippen molar-refractivity contribution < 1.29 is 0 Å². The fourth-order valence-corrected chi connectivity index (χ4v) is 7.97. The molecule has 70 heavy (non-hydrogen) atoms. The molecular formula is C70H74. The Morgan fingerprint density at radius 3 is 0.400 bits per heavy atom. The lowest BCUT2D eigenvalue weighted by Gasteiger charge is -2.25. The number of rotatable bonds is 12. The third kappa shape index (κ3) is 15.0. The summed E-state index contributed by atoms with van der Waals surface area (Å²) >= 11 is 0. The van der Waals surface area contributed by atoms with Crippen molar-refractivity contribution in [1.29, 1.82) is 0 Å². The topological polar surface area (TPSA) is 0 Å². The van der Waals surface area contributed by atoms with Crippen molar-refractivity contribution >= 4 is 72.9 Å². The minimum atomic E-state index is 0.103. The summed E-state index contributed by atoms with van der Waals surface area (Å²) in [6.45, 7) is 27.4. The van der Waals surface area contributed by atoms with Crippen LogP contribution in [0.3, 0.4) is 0 Å². The maximum atomic E-state index is 2.37. The first-order valence-corrected chi connectivity index (χ1v) is 25.0. The van der Waals surface area contributed by atoms with Gasteiger partial charge in [0.25, 0.3) is 0 Å². The lowest BCUT2D eigenvalue weighted by Crippen LogP contribution is -2.16. The van der Waals surface area contributed by atoms with Crippen molar-refractivity contribution in [2.24, 2.45) is 0 Å². The first-order chi connectivity index (χ1) is 33.1. The van der Waals surface area contributed by atoms with E-state index in [2.05, 4.69) is 314 Å². The highest BCUT2D eigenvalue weighted by molar-refractivity contribution is 5.78. The molecule has 7 aromatic rings. The summed E-state index contributed by atoms with van der Waals surface area (Å²) in [4.78, 5) is 0. The Kier molecular flexibility index (Phi) is 15.8. The molecule has 0 saturated carbocycles. The SMILES string of the molecule is CC(C)(C)c1cc(/C=C/c2ccc(/C=C/c3ccc(/C=C/c4ccc(/C=C/c5ccc(/C=C/c6ccc(/C=C/c7cc(C(C)(C)C)cc(C(C)(C)C)c7)cc6)cc5)cc4)cc3)cc2)cc(C(C)(C)C)c1. The molecule has 0 aliphatic heterocycles. The Bertz CT molecular complexity index is 2740. The van der Waals surface area contributed by atoms with Crippen LogP contribution in [0.4, 0.5) is 0 Å². The van der Waals surface area contributed by atoms with E-state index in [1.54, 1.807) is 0 Å². The molecule has 0 aliphatic carbocycles. The van der Waals surface area contributed by atoms with Crippen LogP contribution in [-0.2, 0) is 21.7 Å². The molecule has 0 aliphatic rings. The molecule has 0 bridgehead atoms. The Labute approximate surface area is 422 Å². The summed E-state index contributed by atoms with van der Waals surface area (Å²) in [5, 5.41) is 0. The second kappa shape index (κ2) is 21.7. The monoisotopic (exact) mass is 915 g/mol. The summed E-state index contributed by atoms with van der Waals surface area (Å²) in [7, 11) is 0. The van der Waals surface area contributed by atoms with Crippen LogP contribution in [0.15, 0.2) is 158 Å². The van der Waals surface area contributed by atoms with E-state index >= 15 is 0 Å². The van der Waals surface area contributed by atoms with E-state index in [1.165, 1.54) is 89.0 Å². The third-order valence-corrected chi connectivity index (χ3v) is 12.9. The van der Waals surface area contributed by atoms with Gasteiger partial charge < -0.3 is 0 Å². The van der Waals surface area contributed by atoms with E-state index in [-0.39, 0.29) is 21.7 Å². The molecular weight excluding hydrogens is 841 g/mol. The highest BCUT2D eigenvalue weighted by Crippen LogP contribution is 2.33. The van der Waals surface area contributed by atoms with Crippen molar-refractivity contribution in [3.05, 3.63) is 247 Å². The largest absolute Gasteiger partial charge is 0.0561 e. The van der Waals surface area contributed by atoms with Gasteiger partial charge in [0.05, 0.1) is 0 Å². The van der Waals surface area contributed by atoms with Gasteiger partial charge in [0.1, 0.15) is 0 Å². The second-order valence-corrected chi connectivity index (χ2v) is 23.0. The minimum Gasteiger partial charge on any atom is -0.0561 e. The quantitative estimate of drug-likeness (QED) is 0.107. The van der Waals surface area contributed by atoms with E-state index in [0.29, 0.717) is 0 Å². The van der Waals surface area contributed by atoms with Crippen LogP contribution >= 0.6 is 0 Å². The second-order valence-electron chi connectivity index (χ2n) is 23.0. The summed E-state index contributed by atoms with van der Waals surface area (Å²) < 4.78 is 0. The zero-order valence-corrected chi connectivity index (χ0v) is 43.9. The van der Waals surface area contributed by atoms with Crippen molar-refractivity contribution in [2.45, 2.75) is 105 Å². The lowest BCUT2D eigenvalue weighted by molar-refractivity contribution is 0.568. The molecule has 0 spiro atoms. The lowest BCUT2D eigenvalue weighted by atomic mass is 9.79. The molecule has 0 saturated heterocycles. The Morgan fingerprint density at radius 1 is 0.171 bits per heavy atom. The Hall–Kier alpha value is -7.02. The van der Waals surface area contributed by atoms with Crippen molar-refractivity contribution in [3.63, 3.8) is 0 Å². The summed E-state index contributed by atoms with van der Waals surface area (Å²) in [6.07, 6.45) is 26.3. The fourth-order valence-electron chi connectivity index (χ4n) is 7.97. The molecule has 0 unspecified atom stereocenters. The van der Waals surface area contributed by atoms with Crippen LogP contribution in [-0.4, -0.2) is 0 Å². The normalized spacial score (nSPS) is 13.1. The van der Waals surface area contributed by atoms with Crippen LogP contribution < -0.4 is 0 Å². The Morgan fingerprint density at radius 2 is 0.286 bits per heavy atom. The number of hydrogen-bond donors (Lipinski definition) is 0. The fraction of sp³-hybridized carbons (Fsp3) is 0.229. The minimum absolute atomic E-state index is 0.103. The predicted molar refractivity (Wildman–Crippen MR) is 313 cm³/mol. The zero-order chi connectivity index (χ0) is 50.1. The molecule has 0 radical (unpaired) electrons. The van der Waals surface area contributed by atoms with E-state index in [9.17, 15) is 0 Å². The zero-order valence-electron chi connectivity index (χ0n) is 43.9. The van der Waals surface area contributed by atoms with Crippen LogP contribution in [0, 0.1) is 0 Å². The average Bonchev–Trinajstić information content (AvgIpc) is 3.33. The molecule has 354 valence electrons. The molecule has 0 heteroatoms. The summed E-state index contributed by atoms with van der Waals surface area (Å²) in [5.41, 5.74) is 20.2. The van der Waals surface area contributed by atoms with Crippen molar-refractivity contribution in [3.8, 4) is 0 Å². The van der Waals surface area contributed by atoms with Gasteiger partial charge in [0, 0.05) is 0 Å². The Balaban J connectivity index is 0.874. The maximum absolute atomic E-state index is 2.37. The van der Waals surface area contributed by atoms with E-state index < -0.39 is 0 Å². The maximum Gasteiger partial charge on any atom is -0.0132 e. The van der Waals surface area contributed by atoms with Gasteiger partial charge in [-0.2, -0.15) is 0 Å². The third-order valence-electron chi connectivity index (χ3n) is 12.9. The number of hydrogen-bond acceptors (Lipinski definition) is 0. The van der Waals surface area contributed by atoms with Crippen molar-refractivity contribution in [2.75, 3.05) is 0 Å². The van der Waals surface area contributed by atoms with Gasteiger partial charge in [-0.05, 0) is 111 Å². The van der Waals surface area contributed by atoms with Gasteiger partial charge in [-0.15, -0.1) is 0 Å². The summed E-state index contributed by atoms with van der Waals surface area (Å²) in [5.74, 6) is 0. The van der Waals surface area contributed by atoms with E-state index in [1.807, 2.05) is 0 Å². The van der Waals surface area contributed by atoms with Gasteiger partial charge in [-0.3, -0.25) is 0 Å². The first kappa shape index (κ1) is 50.8. The molecule has 0 fully saturated rings. The smallest absolute Gasteiger partial charge is 0.0132 e. The van der Waals surface area contributed by atoms with Gasteiger partial charge in [0.15, 0.2) is 0 Å². The molecule has 0 N–H and O–H groups in total. The van der Waals surface area contributed by atoms with Crippen molar-refractivity contribution in [1.82, 2.24) is 0 Å². The van der Waals surface area contributed by atoms with E-state index in [0.717, 1.165) is 0 Å². The van der Waals surface area contributed by atoms with Crippen LogP contribution in [0.5, 0.6) is 0 Å². The van der Waals surface area contributed by atoms with E-state index in [4.69, 9.17) is 0 Å².